The van der Waals surface area contributed by atoms with Crippen LogP contribution in [-0.4, -0.2) is 38.8 Å². The second-order valence-corrected chi connectivity index (χ2v) is 20.0. The van der Waals surface area contributed by atoms with E-state index >= 15 is 0 Å². The average Bonchev–Trinajstić information content (AvgIpc) is 2.69. The molecule has 0 unspecified atom stereocenters. The molecule has 0 aromatic carbocycles. The number of unbranched alkanes of at least 4 members (excludes halogenated alkanes) is 14. The number of hydrogen-bond acceptors (Lipinski definition) is 3. The van der Waals surface area contributed by atoms with Gasteiger partial charge in [0.1, 0.15) is 0 Å². The van der Waals surface area contributed by atoms with Crippen molar-refractivity contribution >= 4 is 28.6 Å². The first kappa shape index (κ1) is 32.3. The Morgan fingerprint density at radius 1 is 0.515 bits per heavy atom. The van der Waals surface area contributed by atoms with Gasteiger partial charge in [0.25, 0.3) is 0 Å². The van der Waals surface area contributed by atoms with E-state index in [-0.39, 0.29) is 0 Å². The first-order chi connectivity index (χ1) is 15.5. The van der Waals surface area contributed by atoms with Crippen molar-refractivity contribution in [3.8, 4) is 0 Å². The number of carboxylic acids is 2. The largest absolute Gasteiger partial charge is 0.481 e. The van der Waals surface area contributed by atoms with Crippen LogP contribution in [-0.2, 0) is 13.7 Å². The van der Waals surface area contributed by atoms with E-state index in [1.165, 1.54) is 89.1 Å². The van der Waals surface area contributed by atoms with Crippen LogP contribution in [0.25, 0.3) is 0 Å². The third kappa shape index (κ3) is 24.3. The molecule has 0 radical (unpaired) electrons. The van der Waals surface area contributed by atoms with Crippen molar-refractivity contribution in [1.29, 1.82) is 0 Å². The van der Waals surface area contributed by atoms with Gasteiger partial charge in [-0.25, -0.2) is 0 Å². The third-order valence-corrected chi connectivity index (χ3v) is 13.5. The van der Waals surface area contributed by atoms with Crippen LogP contribution in [0.3, 0.4) is 0 Å². The van der Waals surface area contributed by atoms with Gasteiger partial charge in [0.2, 0.25) is 0 Å². The highest BCUT2D eigenvalue weighted by molar-refractivity contribution is 6.84. The van der Waals surface area contributed by atoms with Crippen LogP contribution in [0.1, 0.15) is 116 Å². The lowest BCUT2D eigenvalue weighted by Crippen LogP contribution is -2.44. The maximum atomic E-state index is 10.5. The first-order valence-corrected chi connectivity index (χ1v) is 19.9. The molecule has 0 aliphatic rings. The molecule has 0 aromatic rings. The lowest BCUT2D eigenvalue weighted by Gasteiger charge is -2.35. The van der Waals surface area contributed by atoms with Gasteiger partial charge in [0.15, 0.2) is 16.6 Å². The molecule has 0 spiro atoms. The van der Waals surface area contributed by atoms with Gasteiger partial charge in [0, 0.05) is 12.8 Å². The molecule has 0 aliphatic carbocycles. The number of aliphatic carboxylic acids is 2. The van der Waals surface area contributed by atoms with E-state index in [4.69, 9.17) is 14.3 Å². The molecular weight excluding hydrogens is 448 g/mol. The Morgan fingerprint density at radius 2 is 0.788 bits per heavy atom. The summed E-state index contributed by atoms with van der Waals surface area (Å²) in [6, 6.07) is 2.58. The fraction of sp³-hybridized carbons (Fsp3) is 0.923. The number of carboxylic acid groups (broad SMARTS) is 2. The summed E-state index contributed by atoms with van der Waals surface area (Å²) in [6.45, 7) is 9.45. The lowest BCUT2D eigenvalue weighted by molar-refractivity contribution is -0.138. The normalized spacial score (nSPS) is 12.2. The summed E-state index contributed by atoms with van der Waals surface area (Å²) in [7, 11) is -3.15. The van der Waals surface area contributed by atoms with Crippen molar-refractivity contribution in [2.45, 2.75) is 154 Å². The zero-order valence-corrected chi connectivity index (χ0v) is 24.3. The third-order valence-electron chi connectivity index (χ3n) is 6.25. The molecule has 0 atom stereocenters. The van der Waals surface area contributed by atoms with E-state index in [1.54, 1.807) is 0 Å². The minimum Gasteiger partial charge on any atom is -0.481 e. The average molecular weight is 503 g/mol. The highest BCUT2D eigenvalue weighted by Crippen LogP contribution is 2.28. The monoisotopic (exact) mass is 502 g/mol. The van der Waals surface area contributed by atoms with Crippen LogP contribution < -0.4 is 0 Å². The van der Waals surface area contributed by atoms with Gasteiger partial charge in [-0.3, -0.25) is 9.59 Å². The van der Waals surface area contributed by atoms with Gasteiger partial charge in [-0.1, -0.05) is 89.9 Å². The molecule has 196 valence electrons. The van der Waals surface area contributed by atoms with Gasteiger partial charge in [-0.05, 0) is 51.1 Å². The predicted octanol–water partition coefficient (Wildman–Crippen LogP) is 8.60. The van der Waals surface area contributed by atoms with Gasteiger partial charge in [-0.15, -0.1) is 0 Å². The maximum Gasteiger partial charge on any atom is 0.303 e. The number of rotatable bonds is 24. The summed E-state index contributed by atoms with van der Waals surface area (Å²) in [4.78, 5) is 21.1. The fourth-order valence-corrected chi connectivity index (χ4v) is 13.6. The summed E-state index contributed by atoms with van der Waals surface area (Å²) in [5.41, 5.74) is 0. The Balaban J connectivity index is 3.92. The molecule has 0 aromatic heterocycles. The van der Waals surface area contributed by atoms with E-state index < -0.39 is 28.6 Å². The summed E-state index contributed by atoms with van der Waals surface area (Å²) in [5, 5.41) is 17.3. The molecule has 2 N–H and O–H groups in total. The second-order valence-electron chi connectivity index (χ2n) is 11.1. The summed E-state index contributed by atoms with van der Waals surface area (Å²) < 4.78 is 6.79. The van der Waals surface area contributed by atoms with Crippen molar-refractivity contribution in [3.05, 3.63) is 0 Å². The molecule has 0 fully saturated rings. The highest BCUT2D eigenvalue weighted by atomic mass is 28.4. The molecule has 0 saturated carbocycles. The van der Waals surface area contributed by atoms with E-state index in [9.17, 15) is 9.59 Å². The Kier molecular flexibility index (Phi) is 19.2. The van der Waals surface area contributed by atoms with Gasteiger partial charge in [0.05, 0.1) is 0 Å². The Morgan fingerprint density at radius 3 is 1.06 bits per heavy atom. The Labute approximate surface area is 206 Å². The number of hydrogen-bond donors (Lipinski definition) is 2. The molecule has 0 rings (SSSR count). The highest BCUT2D eigenvalue weighted by Gasteiger charge is 2.33. The summed E-state index contributed by atoms with van der Waals surface area (Å²) in [5.74, 6) is -1.35. The Bertz CT molecular complexity index is 471. The van der Waals surface area contributed by atoms with E-state index in [0.29, 0.717) is 12.8 Å². The quantitative estimate of drug-likeness (QED) is 0.102. The van der Waals surface area contributed by atoms with Crippen molar-refractivity contribution in [3.63, 3.8) is 0 Å². The SMILES string of the molecule is C[Si](C)(C)O[Si](C)(CCCCCCCCCCC(=O)O)CCCCCCCCCCC(=O)O. The number of carbonyl (C=O) groups is 2. The molecule has 0 aliphatic heterocycles. The molecule has 0 saturated heterocycles. The van der Waals surface area contributed by atoms with Crippen molar-refractivity contribution in [2.24, 2.45) is 0 Å². The molecule has 5 nitrogen and oxygen atoms in total. The molecule has 0 heterocycles. The van der Waals surface area contributed by atoms with Crippen LogP contribution in [0.4, 0.5) is 0 Å². The van der Waals surface area contributed by atoms with E-state index in [1.807, 2.05) is 0 Å². The second kappa shape index (κ2) is 19.6. The van der Waals surface area contributed by atoms with E-state index in [2.05, 4.69) is 26.2 Å². The van der Waals surface area contributed by atoms with Crippen molar-refractivity contribution in [1.82, 2.24) is 0 Å². The topological polar surface area (TPSA) is 83.8 Å². The van der Waals surface area contributed by atoms with Crippen molar-refractivity contribution in [2.75, 3.05) is 0 Å². The minimum atomic E-state index is -1.63. The van der Waals surface area contributed by atoms with Crippen molar-refractivity contribution < 1.29 is 23.9 Å². The summed E-state index contributed by atoms with van der Waals surface area (Å²) >= 11 is 0. The molecule has 7 heteroatoms. The predicted molar refractivity (Wildman–Crippen MR) is 144 cm³/mol. The first-order valence-electron chi connectivity index (χ1n) is 13.7. The van der Waals surface area contributed by atoms with Crippen LogP contribution in [0.15, 0.2) is 0 Å². The minimum absolute atomic E-state index is 0.314. The lowest BCUT2D eigenvalue weighted by atomic mass is 10.1. The standard InChI is InChI=1S/C26H54O5Si2/c1-32(2,3)31-33(4,23-19-15-11-7-5-9-13-17-21-25(27)28)24-20-16-12-8-6-10-14-18-22-26(29)30/h5-24H2,1-4H3,(H,27,28)(H,29,30). The molecular formula is C26H54O5Si2. The van der Waals surface area contributed by atoms with Crippen LogP contribution >= 0.6 is 0 Å². The van der Waals surface area contributed by atoms with Gasteiger partial charge in [-0.2, -0.15) is 0 Å². The summed E-state index contributed by atoms with van der Waals surface area (Å²) in [6.07, 6.45) is 19.5. The smallest absolute Gasteiger partial charge is 0.303 e. The van der Waals surface area contributed by atoms with Gasteiger partial charge < -0.3 is 14.3 Å². The zero-order chi connectivity index (χ0) is 25.0. The van der Waals surface area contributed by atoms with E-state index in [0.717, 1.165) is 25.7 Å². The molecule has 0 amide bonds. The van der Waals surface area contributed by atoms with Crippen LogP contribution in [0.2, 0.25) is 38.3 Å². The molecule has 33 heavy (non-hydrogen) atoms. The fourth-order valence-electron chi connectivity index (χ4n) is 4.64. The zero-order valence-electron chi connectivity index (χ0n) is 22.3. The Hall–Kier alpha value is -0.666. The van der Waals surface area contributed by atoms with Crippen LogP contribution in [0, 0.1) is 0 Å². The molecule has 0 bridgehead atoms. The maximum absolute atomic E-state index is 10.5. The van der Waals surface area contributed by atoms with Gasteiger partial charge >= 0.3 is 11.9 Å². The van der Waals surface area contributed by atoms with Crippen LogP contribution in [0.5, 0.6) is 0 Å².